The molecular formula is C20H19N3. The van der Waals surface area contributed by atoms with Crippen LogP contribution in [0.25, 0.3) is 16.9 Å². The lowest BCUT2D eigenvalue weighted by Gasteiger charge is -2.10. The minimum Gasteiger partial charge on any atom is -0.232 e. The Morgan fingerprint density at radius 2 is 1.78 bits per heavy atom. The van der Waals surface area contributed by atoms with Gasteiger partial charge in [-0.3, -0.25) is 0 Å². The van der Waals surface area contributed by atoms with Gasteiger partial charge in [0, 0.05) is 11.6 Å². The minimum atomic E-state index is 0.425. The van der Waals surface area contributed by atoms with Crippen LogP contribution >= 0.6 is 0 Å². The number of aryl methyl sites for hydroxylation is 1. The van der Waals surface area contributed by atoms with Gasteiger partial charge in [0.1, 0.15) is 6.07 Å². The van der Waals surface area contributed by atoms with Crippen molar-refractivity contribution in [2.75, 3.05) is 0 Å². The highest BCUT2D eigenvalue weighted by molar-refractivity contribution is 5.64. The lowest BCUT2D eigenvalue weighted by atomic mass is 10.0. The summed E-state index contributed by atoms with van der Waals surface area (Å²) < 4.78 is 1.84. The van der Waals surface area contributed by atoms with E-state index in [1.165, 1.54) is 5.56 Å². The molecule has 1 aromatic heterocycles. The van der Waals surface area contributed by atoms with E-state index in [1.807, 2.05) is 22.9 Å². The molecule has 0 N–H and O–H groups in total. The lowest BCUT2D eigenvalue weighted by Crippen LogP contribution is -2.00. The fourth-order valence-electron chi connectivity index (χ4n) is 2.64. The Balaban J connectivity index is 2.12. The molecule has 0 fully saturated rings. The molecule has 0 saturated heterocycles. The van der Waals surface area contributed by atoms with Crippen LogP contribution in [0.1, 0.15) is 36.6 Å². The summed E-state index contributed by atoms with van der Waals surface area (Å²) in [6.45, 7) is 6.41. The first-order valence-electron chi connectivity index (χ1n) is 7.76. The zero-order chi connectivity index (χ0) is 16.4. The van der Waals surface area contributed by atoms with Crippen molar-refractivity contribution >= 4 is 0 Å². The van der Waals surface area contributed by atoms with E-state index in [0.29, 0.717) is 11.6 Å². The molecule has 2 aromatic carbocycles. The van der Waals surface area contributed by atoms with Crippen LogP contribution in [0.15, 0.2) is 54.6 Å². The van der Waals surface area contributed by atoms with Crippen LogP contribution in [0, 0.1) is 18.3 Å². The van der Waals surface area contributed by atoms with Crippen molar-refractivity contribution in [1.82, 2.24) is 9.78 Å². The Morgan fingerprint density at radius 3 is 2.39 bits per heavy atom. The molecule has 0 atom stereocenters. The third-order valence-electron chi connectivity index (χ3n) is 3.94. The Hall–Kier alpha value is -2.86. The van der Waals surface area contributed by atoms with Gasteiger partial charge in [0.15, 0.2) is 5.69 Å². The average Bonchev–Trinajstić information content (AvgIpc) is 2.99. The average molecular weight is 301 g/mol. The molecule has 0 aliphatic rings. The highest BCUT2D eigenvalue weighted by Gasteiger charge is 2.12. The van der Waals surface area contributed by atoms with Crippen molar-refractivity contribution in [1.29, 1.82) is 5.26 Å². The highest BCUT2D eigenvalue weighted by atomic mass is 15.3. The third kappa shape index (κ3) is 3.02. The summed E-state index contributed by atoms with van der Waals surface area (Å²) in [5.41, 5.74) is 5.85. The predicted octanol–water partition coefficient (Wildman–Crippen LogP) is 4.84. The van der Waals surface area contributed by atoms with E-state index in [0.717, 1.165) is 22.5 Å². The molecular weight excluding hydrogens is 282 g/mol. The molecule has 3 rings (SSSR count). The maximum atomic E-state index is 9.21. The van der Waals surface area contributed by atoms with Crippen molar-refractivity contribution < 1.29 is 0 Å². The molecule has 3 heteroatoms. The molecule has 0 unspecified atom stereocenters. The molecule has 0 amide bonds. The fraction of sp³-hybridized carbons (Fsp3) is 0.200. The summed E-state index contributed by atoms with van der Waals surface area (Å²) in [7, 11) is 0. The Kier molecular flexibility index (Phi) is 3.99. The Labute approximate surface area is 136 Å². The summed E-state index contributed by atoms with van der Waals surface area (Å²) in [4.78, 5) is 0. The van der Waals surface area contributed by atoms with E-state index < -0.39 is 0 Å². The molecule has 0 saturated carbocycles. The van der Waals surface area contributed by atoms with Crippen molar-refractivity contribution in [3.05, 3.63) is 71.4 Å². The second-order valence-corrected chi connectivity index (χ2v) is 6.05. The van der Waals surface area contributed by atoms with Crippen molar-refractivity contribution in [3.8, 4) is 23.0 Å². The van der Waals surface area contributed by atoms with Crippen LogP contribution in [-0.2, 0) is 0 Å². The largest absolute Gasteiger partial charge is 0.232 e. The zero-order valence-corrected chi connectivity index (χ0v) is 13.6. The van der Waals surface area contributed by atoms with Gasteiger partial charge >= 0.3 is 0 Å². The number of rotatable bonds is 3. The smallest absolute Gasteiger partial charge is 0.163 e. The monoisotopic (exact) mass is 301 g/mol. The maximum Gasteiger partial charge on any atom is 0.163 e. The standard InChI is InChI=1S/C20H19N3/c1-14(2)16-7-9-17(10-8-16)20-12-18(13-21)22-23(20)19-6-4-5-15(3)11-19/h4-12,14H,1-3H3. The van der Waals surface area contributed by atoms with Crippen LogP contribution in [0.3, 0.4) is 0 Å². The van der Waals surface area contributed by atoms with Gasteiger partial charge in [-0.05, 0) is 36.1 Å². The summed E-state index contributed by atoms with van der Waals surface area (Å²) in [6, 6.07) is 20.6. The summed E-state index contributed by atoms with van der Waals surface area (Å²) in [6.07, 6.45) is 0. The molecule has 0 bridgehead atoms. The predicted molar refractivity (Wildman–Crippen MR) is 92.5 cm³/mol. The van der Waals surface area contributed by atoms with Crippen LogP contribution in [0.5, 0.6) is 0 Å². The molecule has 0 spiro atoms. The van der Waals surface area contributed by atoms with Crippen molar-refractivity contribution in [3.63, 3.8) is 0 Å². The van der Waals surface area contributed by atoms with Crippen molar-refractivity contribution in [2.24, 2.45) is 0 Å². The van der Waals surface area contributed by atoms with E-state index in [9.17, 15) is 5.26 Å². The SMILES string of the molecule is Cc1cccc(-n2nc(C#N)cc2-c2ccc(C(C)C)cc2)c1. The van der Waals surface area contributed by atoms with Crippen LogP contribution in [0.4, 0.5) is 0 Å². The molecule has 114 valence electrons. The van der Waals surface area contributed by atoms with E-state index >= 15 is 0 Å². The Bertz CT molecular complexity index is 865. The van der Waals surface area contributed by atoms with E-state index in [1.54, 1.807) is 0 Å². The van der Waals surface area contributed by atoms with Crippen LogP contribution in [0.2, 0.25) is 0 Å². The first-order valence-corrected chi connectivity index (χ1v) is 7.76. The fourth-order valence-corrected chi connectivity index (χ4v) is 2.64. The van der Waals surface area contributed by atoms with Gasteiger partial charge in [0.2, 0.25) is 0 Å². The maximum absolute atomic E-state index is 9.21. The highest BCUT2D eigenvalue weighted by Crippen LogP contribution is 2.26. The van der Waals surface area contributed by atoms with E-state index in [4.69, 9.17) is 0 Å². The quantitative estimate of drug-likeness (QED) is 0.694. The third-order valence-corrected chi connectivity index (χ3v) is 3.94. The normalized spacial score (nSPS) is 10.7. The molecule has 23 heavy (non-hydrogen) atoms. The van der Waals surface area contributed by atoms with Gasteiger partial charge in [-0.25, -0.2) is 4.68 Å². The molecule has 0 aliphatic carbocycles. The van der Waals surface area contributed by atoms with Gasteiger partial charge < -0.3 is 0 Å². The van der Waals surface area contributed by atoms with Gasteiger partial charge in [-0.2, -0.15) is 10.4 Å². The summed E-state index contributed by atoms with van der Waals surface area (Å²) in [5.74, 6) is 0.500. The second-order valence-electron chi connectivity index (χ2n) is 6.05. The number of hydrogen-bond donors (Lipinski definition) is 0. The van der Waals surface area contributed by atoms with Gasteiger partial charge in [-0.15, -0.1) is 0 Å². The number of aromatic nitrogens is 2. The first kappa shape index (κ1) is 15.1. The second kappa shape index (κ2) is 6.10. The van der Waals surface area contributed by atoms with Gasteiger partial charge in [-0.1, -0.05) is 50.2 Å². The summed E-state index contributed by atoms with van der Waals surface area (Å²) >= 11 is 0. The van der Waals surface area contributed by atoms with Crippen LogP contribution in [-0.4, -0.2) is 9.78 Å². The topological polar surface area (TPSA) is 41.6 Å². The first-order chi connectivity index (χ1) is 11.1. The van der Waals surface area contributed by atoms with Gasteiger partial charge in [0.25, 0.3) is 0 Å². The number of benzene rings is 2. The van der Waals surface area contributed by atoms with E-state index in [-0.39, 0.29) is 0 Å². The molecule has 1 heterocycles. The zero-order valence-electron chi connectivity index (χ0n) is 13.6. The number of nitriles is 1. The summed E-state index contributed by atoms with van der Waals surface area (Å²) in [5, 5.41) is 13.6. The number of nitrogens with zero attached hydrogens (tertiary/aromatic N) is 3. The van der Waals surface area contributed by atoms with Crippen LogP contribution < -0.4 is 0 Å². The Morgan fingerprint density at radius 1 is 1.04 bits per heavy atom. The molecule has 0 radical (unpaired) electrons. The molecule has 3 aromatic rings. The molecule has 3 nitrogen and oxygen atoms in total. The minimum absolute atomic E-state index is 0.425. The lowest BCUT2D eigenvalue weighted by molar-refractivity contribution is 0.864. The van der Waals surface area contributed by atoms with Crippen molar-refractivity contribution in [2.45, 2.75) is 26.7 Å². The van der Waals surface area contributed by atoms with E-state index in [2.05, 4.69) is 68.3 Å². The number of hydrogen-bond acceptors (Lipinski definition) is 2. The van der Waals surface area contributed by atoms with Gasteiger partial charge in [0.05, 0.1) is 11.4 Å². The molecule has 0 aliphatic heterocycles.